The van der Waals surface area contributed by atoms with Crippen LogP contribution in [0.4, 0.5) is 16.0 Å². The van der Waals surface area contributed by atoms with Crippen molar-refractivity contribution in [3.8, 4) is 0 Å². The first kappa shape index (κ1) is 20.5. The van der Waals surface area contributed by atoms with E-state index in [0.717, 1.165) is 48.4 Å². The highest BCUT2D eigenvalue weighted by atomic mass is 32.1. The molecule has 0 saturated carbocycles. The van der Waals surface area contributed by atoms with Gasteiger partial charge in [-0.15, -0.1) is 11.3 Å². The number of hydrogen-bond donors (Lipinski definition) is 1. The van der Waals surface area contributed by atoms with Gasteiger partial charge in [-0.05, 0) is 51.7 Å². The van der Waals surface area contributed by atoms with Crippen molar-refractivity contribution in [1.82, 2.24) is 14.3 Å². The Balaban J connectivity index is 1.47. The van der Waals surface area contributed by atoms with Crippen LogP contribution in [0.25, 0.3) is 4.83 Å². The van der Waals surface area contributed by atoms with Gasteiger partial charge in [0.25, 0.3) is 5.91 Å². The quantitative estimate of drug-likeness (QED) is 0.632. The summed E-state index contributed by atoms with van der Waals surface area (Å²) in [5.74, 6) is 0.583. The molecule has 4 heterocycles. The molecule has 0 radical (unpaired) electrons. The smallest absolute Gasteiger partial charge is 0.251 e. The molecule has 5 rings (SSSR count). The number of amides is 1. The van der Waals surface area contributed by atoms with Gasteiger partial charge in [-0.2, -0.15) is 0 Å². The summed E-state index contributed by atoms with van der Waals surface area (Å²) >= 11 is 1.71. The SMILES string of the molecule is Cc1sc2c([C@H]3CCCN(C(=O)[C@H]4CCCO4)C3)nc(Nc3ccccc3F)n2c1C. The first-order chi connectivity index (χ1) is 15.0. The molecule has 2 aliphatic rings. The Morgan fingerprint density at radius 3 is 2.87 bits per heavy atom. The molecule has 3 aromatic rings. The van der Waals surface area contributed by atoms with E-state index >= 15 is 0 Å². The average Bonchev–Trinajstić information content (AvgIpc) is 3.49. The van der Waals surface area contributed by atoms with Gasteiger partial charge in [-0.1, -0.05) is 12.1 Å². The lowest BCUT2D eigenvalue weighted by Crippen LogP contribution is -2.44. The molecule has 0 spiro atoms. The number of imidazole rings is 1. The van der Waals surface area contributed by atoms with E-state index in [1.165, 1.54) is 10.9 Å². The highest BCUT2D eigenvalue weighted by Crippen LogP contribution is 2.37. The molecule has 31 heavy (non-hydrogen) atoms. The van der Waals surface area contributed by atoms with Gasteiger partial charge in [0.1, 0.15) is 16.8 Å². The second-order valence-electron chi connectivity index (χ2n) is 8.43. The number of piperidine rings is 1. The third-order valence-electron chi connectivity index (χ3n) is 6.40. The van der Waals surface area contributed by atoms with Crippen LogP contribution in [0.15, 0.2) is 24.3 Å². The molecule has 6 nitrogen and oxygen atoms in total. The first-order valence-electron chi connectivity index (χ1n) is 10.9. The molecule has 1 amide bonds. The van der Waals surface area contributed by atoms with Crippen LogP contribution < -0.4 is 5.32 Å². The zero-order chi connectivity index (χ0) is 21.5. The van der Waals surface area contributed by atoms with Gasteiger partial charge in [-0.3, -0.25) is 9.20 Å². The predicted molar refractivity (Wildman–Crippen MR) is 120 cm³/mol. The summed E-state index contributed by atoms with van der Waals surface area (Å²) in [4.78, 5) is 22.1. The minimum Gasteiger partial charge on any atom is -0.368 e. The molecule has 2 saturated heterocycles. The minimum absolute atomic E-state index is 0.112. The standard InChI is InChI=1S/C23H27FN4O2S/c1-14-15(2)31-22-20(26-23(28(14)22)25-18-9-4-3-8-17(18)24)16-7-5-11-27(13-16)21(29)19-10-6-12-30-19/h3-4,8-9,16,19H,5-7,10-13H2,1-2H3,(H,25,26)/t16-,19+/m0/s1. The maximum absolute atomic E-state index is 14.3. The Morgan fingerprint density at radius 2 is 2.10 bits per heavy atom. The fourth-order valence-electron chi connectivity index (χ4n) is 4.62. The van der Waals surface area contributed by atoms with Crippen molar-refractivity contribution in [2.75, 3.05) is 25.0 Å². The number of anilines is 2. The van der Waals surface area contributed by atoms with E-state index in [0.29, 0.717) is 24.8 Å². The number of benzene rings is 1. The maximum atomic E-state index is 14.3. The number of fused-ring (bicyclic) bond motifs is 1. The Labute approximate surface area is 185 Å². The van der Waals surface area contributed by atoms with E-state index in [4.69, 9.17) is 9.72 Å². The van der Waals surface area contributed by atoms with Crippen molar-refractivity contribution in [3.63, 3.8) is 0 Å². The van der Waals surface area contributed by atoms with Gasteiger partial charge in [0, 0.05) is 36.2 Å². The number of carbonyl (C=O) groups is 1. The maximum Gasteiger partial charge on any atom is 0.251 e. The predicted octanol–water partition coefficient (Wildman–Crippen LogP) is 4.78. The summed E-state index contributed by atoms with van der Waals surface area (Å²) in [7, 11) is 0. The molecule has 8 heteroatoms. The number of hydrogen-bond acceptors (Lipinski definition) is 5. The summed E-state index contributed by atoms with van der Waals surface area (Å²) in [5.41, 5.74) is 2.49. The molecule has 2 atom stereocenters. The monoisotopic (exact) mass is 442 g/mol. The number of aryl methyl sites for hydroxylation is 2. The average molecular weight is 443 g/mol. The van der Waals surface area contributed by atoms with Gasteiger partial charge in [-0.25, -0.2) is 9.37 Å². The topological polar surface area (TPSA) is 58.9 Å². The van der Waals surface area contributed by atoms with Crippen molar-refractivity contribution < 1.29 is 13.9 Å². The number of carbonyl (C=O) groups excluding carboxylic acids is 1. The Kier molecular flexibility index (Phi) is 5.44. The molecule has 0 unspecified atom stereocenters. The molecule has 2 aliphatic heterocycles. The van der Waals surface area contributed by atoms with E-state index in [2.05, 4.69) is 23.6 Å². The number of thiazole rings is 1. The molecular weight excluding hydrogens is 415 g/mol. The van der Waals surface area contributed by atoms with Crippen LogP contribution in [0.2, 0.25) is 0 Å². The van der Waals surface area contributed by atoms with Crippen molar-refractivity contribution in [3.05, 3.63) is 46.3 Å². The lowest BCUT2D eigenvalue weighted by molar-refractivity contribution is -0.142. The van der Waals surface area contributed by atoms with E-state index in [1.54, 1.807) is 29.5 Å². The van der Waals surface area contributed by atoms with E-state index < -0.39 is 0 Å². The Morgan fingerprint density at radius 1 is 1.26 bits per heavy atom. The van der Waals surface area contributed by atoms with Crippen molar-refractivity contribution >= 4 is 33.7 Å². The molecule has 1 aromatic carbocycles. The van der Waals surface area contributed by atoms with Gasteiger partial charge in [0.15, 0.2) is 0 Å². The van der Waals surface area contributed by atoms with Crippen molar-refractivity contribution in [1.29, 1.82) is 0 Å². The number of nitrogens with zero attached hydrogens (tertiary/aromatic N) is 3. The van der Waals surface area contributed by atoms with Crippen LogP contribution in [0.5, 0.6) is 0 Å². The van der Waals surface area contributed by atoms with Gasteiger partial charge in [0.2, 0.25) is 5.95 Å². The van der Waals surface area contributed by atoms with Gasteiger partial charge >= 0.3 is 0 Å². The molecular formula is C23H27FN4O2S. The number of aromatic nitrogens is 2. The minimum atomic E-state index is -0.309. The summed E-state index contributed by atoms with van der Waals surface area (Å²) in [6.45, 7) is 6.26. The summed E-state index contributed by atoms with van der Waals surface area (Å²) in [5, 5.41) is 3.19. The number of ether oxygens (including phenoxy) is 1. The third-order valence-corrected chi connectivity index (χ3v) is 7.59. The molecule has 0 aliphatic carbocycles. The highest BCUT2D eigenvalue weighted by molar-refractivity contribution is 7.17. The van der Waals surface area contributed by atoms with Gasteiger partial charge < -0.3 is 15.0 Å². The zero-order valence-electron chi connectivity index (χ0n) is 17.9. The van der Waals surface area contributed by atoms with Crippen LogP contribution in [-0.2, 0) is 9.53 Å². The fraction of sp³-hybridized carbons (Fsp3) is 0.478. The molecule has 2 fully saturated rings. The van der Waals surface area contributed by atoms with E-state index in [1.807, 2.05) is 4.90 Å². The number of halogens is 1. The molecule has 2 aromatic heterocycles. The fourth-order valence-corrected chi connectivity index (χ4v) is 5.78. The zero-order valence-corrected chi connectivity index (χ0v) is 18.7. The Bertz CT molecular complexity index is 1120. The van der Waals surface area contributed by atoms with Crippen LogP contribution in [0, 0.1) is 19.7 Å². The van der Waals surface area contributed by atoms with Crippen LogP contribution in [0.1, 0.15) is 47.9 Å². The largest absolute Gasteiger partial charge is 0.368 e. The van der Waals surface area contributed by atoms with E-state index in [-0.39, 0.29) is 23.7 Å². The second-order valence-corrected chi connectivity index (χ2v) is 9.64. The number of nitrogens with one attached hydrogen (secondary N) is 1. The lowest BCUT2D eigenvalue weighted by atomic mass is 9.94. The van der Waals surface area contributed by atoms with E-state index in [9.17, 15) is 9.18 Å². The van der Waals surface area contributed by atoms with Crippen LogP contribution in [0.3, 0.4) is 0 Å². The number of rotatable bonds is 4. The van der Waals surface area contributed by atoms with Crippen molar-refractivity contribution in [2.24, 2.45) is 0 Å². The summed E-state index contributed by atoms with van der Waals surface area (Å²) < 4.78 is 22.0. The van der Waals surface area contributed by atoms with Crippen LogP contribution >= 0.6 is 11.3 Å². The second kappa shape index (κ2) is 8.24. The number of para-hydroxylation sites is 1. The number of likely N-dealkylation sites (tertiary alicyclic amines) is 1. The van der Waals surface area contributed by atoms with Crippen molar-refractivity contribution in [2.45, 2.75) is 51.6 Å². The highest BCUT2D eigenvalue weighted by Gasteiger charge is 2.34. The van der Waals surface area contributed by atoms with Crippen LogP contribution in [-0.4, -0.2) is 46.0 Å². The van der Waals surface area contributed by atoms with Gasteiger partial charge in [0.05, 0.1) is 11.4 Å². The summed E-state index contributed by atoms with van der Waals surface area (Å²) in [6.07, 6.45) is 3.41. The molecule has 1 N–H and O–H groups in total. The molecule has 164 valence electrons. The normalized spacial score (nSPS) is 21.7. The Hall–Kier alpha value is -2.45. The summed E-state index contributed by atoms with van der Waals surface area (Å²) in [6, 6.07) is 6.64. The first-order valence-corrected chi connectivity index (χ1v) is 11.7. The molecule has 0 bridgehead atoms. The lowest BCUT2D eigenvalue weighted by Gasteiger charge is -2.33. The third kappa shape index (κ3) is 3.72.